The molecule has 0 aliphatic carbocycles. The van der Waals surface area contributed by atoms with Gasteiger partial charge in [0.2, 0.25) is 5.91 Å². The van der Waals surface area contributed by atoms with Crippen LogP contribution in [0.4, 0.5) is 0 Å². The number of carbonyl (C=O) groups excluding carboxylic acids is 1. The molecule has 0 aliphatic heterocycles. The summed E-state index contributed by atoms with van der Waals surface area (Å²) in [4.78, 5) is 19.1. The van der Waals surface area contributed by atoms with Crippen LogP contribution in [0, 0.1) is 0 Å². The highest BCUT2D eigenvalue weighted by atomic mass is 16.5. The lowest BCUT2D eigenvalue weighted by Gasteiger charge is -2.21. The van der Waals surface area contributed by atoms with Gasteiger partial charge < -0.3 is 9.64 Å². The molecule has 0 saturated heterocycles. The van der Waals surface area contributed by atoms with Gasteiger partial charge in [0.25, 0.3) is 0 Å². The minimum atomic E-state index is -0.0254. The first kappa shape index (κ1) is 19.4. The summed E-state index contributed by atoms with van der Waals surface area (Å²) in [6, 6.07) is 23.5. The highest BCUT2D eigenvalue weighted by Gasteiger charge is 2.12. The molecular weight excluding hydrogens is 348 g/mol. The van der Waals surface area contributed by atoms with Crippen molar-refractivity contribution in [1.82, 2.24) is 9.88 Å². The van der Waals surface area contributed by atoms with Crippen molar-refractivity contribution >= 4 is 12.0 Å². The number of nitrogens with zero attached hydrogens (tertiary/aromatic N) is 2. The van der Waals surface area contributed by atoms with Gasteiger partial charge in [-0.3, -0.25) is 9.78 Å². The molecule has 1 heterocycles. The zero-order valence-electron chi connectivity index (χ0n) is 16.0. The van der Waals surface area contributed by atoms with Gasteiger partial charge in [0, 0.05) is 37.5 Å². The third kappa shape index (κ3) is 5.81. The van der Waals surface area contributed by atoms with Gasteiger partial charge in [-0.2, -0.15) is 0 Å². The second-order valence-electron chi connectivity index (χ2n) is 6.43. The summed E-state index contributed by atoms with van der Waals surface area (Å²) in [6.07, 6.45) is 5.94. The van der Waals surface area contributed by atoms with Crippen LogP contribution in [0.25, 0.3) is 6.08 Å². The van der Waals surface area contributed by atoms with Crippen molar-refractivity contribution in [2.24, 2.45) is 0 Å². The van der Waals surface area contributed by atoms with Crippen LogP contribution in [0.1, 0.15) is 16.8 Å². The molecule has 0 unspecified atom stereocenters. The van der Waals surface area contributed by atoms with Gasteiger partial charge in [-0.15, -0.1) is 0 Å². The van der Waals surface area contributed by atoms with Crippen molar-refractivity contribution in [1.29, 1.82) is 0 Å². The molecule has 0 spiro atoms. The molecule has 4 heteroatoms. The number of ether oxygens (including phenoxy) is 1. The Morgan fingerprint density at radius 2 is 1.86 bits per heavy atom. The lowest BCUT2D eigenvalue weighted by Crippen LogP contribution is -2.31. The monoisotopic (exact) mass is 372 g/mol. The lowest BCUT2D eigenvalue weighted by atomic mass is 10.1. The predicted molar refractivity (Wildman–Crippen MR) is 112 cm³/mol. The second kappa shape index (κ2) is 10.1. The molecule has 142 valence electrons. The molecule has 0 radical (unpaired) electrons. The summed E-state index contributed by atoms with van der Waals surface area (Å²) in [7, 11) is 1.63. The average molecular weight is 372 g/mol. The van der Waals surface area contributed by atoms with E-state index in [2.05, 4.69) is 4.98 Å². The summed E-state index contributed by atoms with van der Waals surface area (Å²) >= 11 is 0. The Balaban J connectivity index is 1.72. The minimum absolute atomic E-state index is 0.0254. The Bertz CT molecular complexity index is 908. The van der Waals surface area contributed by atoms with Gasteiger partial charge in [0.05, 0.1) is 7.11 Å². The van der Waals surface area contributed by atoms with E-state index in [1.807, 2.05) is 83.8 Å². The standard InChI is InChI=1S/C24H24N2O2/c1-28-23-12-7-10-20(18-23)13-14-24(27)26(19-21-8-3-2-4-9-21)17-15-22-11-5-6-16-25-22/h2-14,16,18H,15,17,19H2,1H3/b14-13+. The molecule has 0 saturated carbocycles. The third-order valence-electron chi connectivity index (χ3n) is 4.40. The molecule has 4 nitrogen and oxygen atoms in total. The van der Waals surface area contributed by atoms with E-state index in [1.165, 1.54) is 0 Å². The number of rotatable bonds is 8. The Morgan fingerprint density at radius 3 is 2.61 bits per heavy atom. The van der Waals surface area contributed by atoms with Crippen LogP contribution >= 0.6 is 0 Å². The molecule has 28 heavy (non-hydrogen) atoms. The molecule has 1 aromatic heterocycles. The zero-order valence-corrected chi connectivity index (χ0v) is 16.0. The van der Waals surface area contributed by atoms with Gasteiger partial charge in [0.1, 0.15) is 5.75 Å². The second-order valence-corrected chi connectivity index (χ2v) is 6.43. The van der Waals surface area contributed by atoms with Gasteiger partial charge in [-0.05, 0) is 41.5 Å². The number of hydrogen-bond acceptors (Lipinski definition) is 3. The van der Waals surface area contributed by atoms with E-state index in [0.29, 0.717) is 19.5 Å². The van der Waals surface area contributed by atoms with Crippen LogP contribution in [0.2, 0.25) is 0 Å². The minimum Gasteiger partial charge on any atom is -0.497 e. The van der Waals surface area contributed by atoms with Crippen molar-refractivity contribution in [3.8, 4) is 5.75 Å². The quantitative estimate of drug-likeness (QED) is 0.551. The topological polar surface area (TPSA) is 42.4 Å². The first-order valence-corrected chi connectivity index (χ1v) is 9.29. The largest absolute Gasteiger partial charge is 0.497 e. The van der Waals surface area contributed by atoms with Crippen molar-refractivity contribution in [2.75, 3.05) is 13.7 Å². The van der Waals surface area contributed by atoms with Crippen molar-refractivity contribution in [3.05, 3.63) is 102 Å². The molecule has 0 bridgehead atoms. The maximum atomic E-state index is 12.9. The lowest BCUT2D eigenvalue weighted by molar-refractivity contribution is -0.126. The number of amides is 1. The Kier molecular flexibility index (Phi) is 6.96. The summed E-state index contributed by atoms with van der Waals surface area (Å²) in [5.74, 6) is 0.744. The van der Waals surface area contributed by atoms with Gasteiger partial charge in [0.15, 0.2) is 0 Å². The van der Waals surface area contributed by atoms with Crippen LogP contribution in [0.3, 0.4) is 0 Å². The first-order valence-electron chi connectivity index (χ1n) is 9.29. The average Bonchev–Trinajstić information content (AvgIpc) is 2.76. The van der Waals surface area contributed by atoms with Crippen LogP contribution in [-0.4, -0.2) is 29.4 Å². The van der Waals surface area contributed by atoms with E-state index in [0.717, 1.165) is 22.6 Å². The van der Waals surface area contributed by atoms with E-state index in [9.17, 15) is 4.79 Å². The van der Waals surface area contributed by atoms with Gasteiger partial charge >= 0.3 is 0 Å². The number of benzene rings is 2. The molecule has 3 rings (SSSR count). The number of carbonyl (C=O) groups is 1. The SMILES string of the molecule is COc1cccc(/C=C/C(=O)N(CCc2ccccn2)Cc2ccccc2)c1. The molecule has 3 aromatic rings. The highest BCUT2D eigenvalue weighted by molar-refractivity contribution is 5.91. The predicted octanol–water partition coefficient (Wildman–Crippen LogP) is 4.37. The maximum absolute atomic E-state index is 12.9. The highest BCUT2D eigenvalue weighted by Crippen LogP contribution is 2.14. The van der Waals surface area contributed by atoms with Crippen LogP contribution in [0.15, 0.2) is 85.1 Å². The molecular formula is C24H24N2O2. The summed E-state index contributed by atoms with van der Waals surface area (Å²) in [5.41, 5.74) is 3.01. The first-order chi connectivity index (χ1) is 13.7. The van der Waals surface area contributed by atoms with Gasteiger partial charge in [-0.1, -0.05) is 48.5 Å². The Morgan fingerprint density at radius 1 is 1.04 bits per heavy atom. The van der Waals surface area contributed by atoms with Gasteiger partial charge in [-0.25, -0.2) is 0 Å². The number of pyridine rings is 1. The maximum Gasteiger partial charge on any atom is 0.246 e. The molecule has 0 atom stereocenters. The number of aromatic nitrogens is 1. The van der Waals surface area contributed by atoms with Crippen molar-refractivity contribution < 1.29 is 9.53 Å². The van der Waals surface area contributed by atoms with Crippen LogP contribution < -0.4 is 4.74 Å². The zero-order chi connectivity index (χ0) is 19.6. The third-order valence-corrected chi connectivity index (χ3v) is 4.40. The fourth-order valence-electron chi connectivity index (χ4n) is 2.88. The Labute approximate surface area is 166 Å². The fourth-order valence-corrected chi connectivity index (χ4v) is 2.88. The number of hydrogen-bond donors (Lipinski definition) is 0. The van der Waals surface area contributed by atoms with E-state index in [4.69, 9.17) is 4.74 Å². The summed E-state index contributed by atoms with van der Waals surface area (Å²) in [6.45, 7) is 1.17. The number of methoxy groups -OCH3 is 1. The molecule has 0 N–H and O–H groups in total. The van der Waals surface area contributed by atoms with E-state index in [1.54, 1.807) is 19.4 Å². The van der Waals surface area contributed by atoms with Crippen LogP contribution in [-0.2, 0) is 17.8 Å². The van der Waals surface area contributed by atoms with E-state index >= 15 is 0 Å². The van der Waals surface area contributed by atoms with Crippen molar-refractivity contribution in [3.63, 3.8) is 0 Å². The van der Waals surface area contributed by atoms with Crippen molar-refractivity contribution in [2.45, 2.75) is 13.0 Å². The smallest absolute Gasteiger partial charge is 0.246 e. The molecule has 2 aromatic carbocycles. The molecule has 0 aliphatic rings. The fraction of sp³-hybridized carbons (Fsp3) is 0.167. The van der Waals surface area contributed by atoms with Crippen LogP contribution in [0.5, 0.6) is 5.75 Å². The summed E-state index contributed by atoms with van der Waals surface area (Å²) in [5, 5.41) is 0. The Hall–Kier alpha value is -3.40. The molecule has 0 fully saturated rings. The molecule has 1 amide bonds. The van der Waals surface area contributed by atoms with E-state index < -0.39 is 0 Å². The summed E-state index contributed by atoms with van der Waals surface area (Å²) < 4.78 is 5.24. The van der Waals surface area contributed by atoms with E-state index in [-0.39, 0.29) is 5.91 Å². The normalized spacial score (nSPS) is 10.8.